The zero-order valence-electron chi connectivity index (χ0n) is 9.63. The molecule has 2 nitrogen and oxygen atoms in total. The average Bonchev–Trinajstić information content (AvgIpc) is 2.25. The van der Waals surface area contributed by atoms with Crippen LogP contribution in [-0.2, 0) is 0 Å². The van der Waals surface area contributed by atoms with Crippen molar-refractivity contribution in [1.29, 1.82) is 0 Å². The van der Waals surface area contributed by atoms with Crippen LogP contribution in [-0.4, -0.2) is 26.7 Å². The molecule has 0 amide bonds. The maximum absolute atomic E-state index is 13.0. The maximum atomic E-state index is 13.0. The summed E-state index contributed by atoms with van der Waals surface area (Å²) in [6.45, 7) is 3.06. The molecule has 0 fully saturated rings. The molecule has 1 N–H and O–H groups in total. The highest BCUT2D eigenvalue weighted by molar-refractivity contribution is 5.45. The van der Waals surface area contributed by atoms with Gasteiger partial charge in [0.2, 0.25) is 0 Å². The number of nitrogens with zero attached hydrogens (tertiary/aromatic N) is 1. The van der Waals surface area contributed by atoms with E-state index in [2.05, 4.69) is 17.1 Å². The van der Waals surface area contributed by atoms with E-state index in [1.807, 2.05) is 20.2 Å². The molecular formula is C12H19FN2. The largest absolute Gasteiger partial charge is 0.374 e. The fourth-order valence-electron chi connectivity index (χ4n) is 1.37. The summed E-state index contributed by atoms with van der Waals surface area (Å²) in [6, 6.07) is 7.17. The summed E-state index contributed by atoms with van der Waals surface area (Å²) in [7, 11) is 3.93. The van der Waals surface area contributed by atoms with Crippen LogP contribution in [0.5, 0.6) is 0 Å². The lowest BCUT2D eigenvalue weighted by Crippen LogP contribution is -2.28. The van der Waals surface area contributed by atoms with Crippen molar-refractivity contribution in [2.24, 2.45) is 0 Å². The van der Waals surface area contributed by atoms with Crippen molar-refractivity contribution >= 4 is 5.69 Å². The van der Waals surface area contributed by atoms with Gasteiger partial charge in [0.05, 0.1) is 0 Å². The van der Waals surface area contributed by atoms with Crippen LogP contribution in [0.3, 0.4) is 0 Å². The number of anilines is 1. The quantitative estimate of drug-likeness (QED) is 0.802. The van der Waals surface area contributed by atoms with Crippen molar-refractivity contribution < 1.29 is 4.39 Å². The number of hydrogen-bond donors (Lipinski definition) is 1. The molecule has 1 atom stereocenters. The van der Waals surface area contributed by atoms with Crippen LogP contribution in [0.4, 0.5) is 10.1 Å². The highest BCUT2D eigenvalue weighted by Crippen LogP contribution is 2.14. The lowest BCUT2D eigenvalue weighted by atomic mass is 10.2. The molecule has 1 unspecified atom stereocenters. The summed E-state index contributed by atoms with van der Waals surface area (Å²) >= 11 is 0. The average molecular weight is 210 g/mol. The van der Waals surface area contributed by atoms with Gasteiger partial charge in [0.1, 0.15) is 5.82 Å². The van der Waals surface area contributed by atoms with Crippen molar-refractivity contribution in [3.05, 3.63) is 30.1 Å². The first-order chi connectivity index (χ1) is 7.13. The van der Waals surface area contributed by atoms with Crippen molar-refractivity contribution in [3.8, 4) is 0 Å². The normalized spacial score (nSPS) is 12.5. The number of rotatable bonds is 5. The third kappa shape index (κ3) is 3.88. The van der Waals surface area contributed by atoms with E-state index in [0.717, 1.165) is 18.7 Å². The molecule has 0 aliphatic rings. The lowest BCUT2D eigenvalue weighted by molar-refractivity contribution is 0.564. The molecule has 15 heavy (non-hydrogen) atoms. The Hall–Kier alpha value is -1.09. The number of benzene rings is 1. The Bertz CT molecular complexity index is 301. The third-order valence-corrected chi connectivity index (χ3v) is 2.64. The Morgan fingerprint density at radius 1 is 1.47 bits per heavy atom. The minimum atomic E-state index is -0.180. The molecule has 0 bridgehead atoms. The van der Waals surface area contributed by atoms with E-state index in [1.54, 1.807) is 12.1 Å². The molecule has 3 heteroatoms. The minimum Gasteiger partial charge on any atom is -0.374 e. The zero-order valence-corrected chi connectivity index (χ0v) is 9.63. The van der Waals surface area contributed by atoms with Gasteiger partial charge in [0.15, 0.2) is 0 Å². The first-order valence-electron chi connectivity index (χ1n) is 5.27. The van der Waals surface area contributed by atoms with Gasteiger partial charge in [-0.3, -0.25) is 0 Å². The Kier molecular flexibility index (Phi) is 4.56. The van der Waals surface area contributed by atoms with Crippen LogP contribution in [0, 0.1) is 5.82 Å². The number of nitrogens with one attached hydrogen (secondary N) is 1. The molecule has 1 aromatic carbocycles. The Morgan fingerprint density at radius 2 is 2.20 bits per heavy atom. The molecule has 0 radical (unpaired) electrons. The molecular weight excluding hydrogens is 191 g/mol. The van der Waals surface area contributed by atoms with Crippen molar-refractivity contribution in [2.75, 3.05) is 25.5 Å². The van der Waals surface area contributed by atoms with E-state index in [-0.39, 0.29) is 5.82 Å². The maximum Gasteiger partial charge on any atom is 0.125 e. The van der Waals surface area contributed by atoms with E-state index in [9.17, 15) is 4.39 Å². The fourth-order valence-corrected chi connectivity index (χ4v) is 1.37. The molecule has 0 saturated carbocycles. The first kappa shape index (κ1) is 12.0. The summed E-state index contributed by atoms with van der Waals surface area (Å²) in [6.07, 6.45) is 1.05. The van der Waals surface area contributed by atoms with E-state index in [0.29, 0.717) is 6.04 Å². The highest BCUT2D eigenvalue weighted by atomic mass is 19.1. The van der Waals surface area contributed by atoms with Gasteiger partial charge < -0.3 is 10.2 Å². The van der Waals surface area contributed by atoms with Gasteiger partial charge in [0, 0.05) is 25.3 Å². The predicted octanol–water partition coefficient (Wildman–Crippen LogP) is 2.26. The van der Waals surface area contributed by atoms with Crippen LogP contribution in [0.2, 0.25) is 0 Å². The molecule has 1 aromatic rings. The second kappa shape index (κ2) is 5.71. The van der Waals surface area contributed by atoms with Gasteiger partial charge in [-0.1, -0.05) is 6.07 Å². The minimum absolute atomic E-state index is 0.180. The van der Waals surface area contributed by atoms with Gasteiger partial charge in [-0.05, 0) is 38.6 Å². The van der Waals surface area contributed by atoms with Crippen LogP contribution >= 0.6 is 0 Å². The summed E-state index contributed by atoms with van der Waals surface area (Å²) < 4.78 is 13.0. The molecule has 0 saturated heterocycles. The van der Waals surface area contributed by atoms with E-state index < -0.39 is 0 Å². The Balaban J connectivity index is 2.50. The third-order valence-electron chi connectivity index (χ3n) is 2.64. The van der Waals surface area contributed by atoms with E-state index in [1.165, 1.54) is 6.07 Å². The molecule has 0 spiro atoms. The van der Waals surface area contributed by atoms with Crippen molar-refractivity contribution in [1.82, 2.24) is 5.32 Å². The van der Waals surface area contributed by atoms with Crippen LogP contribution in [0.25, 0.3) is 0 Å². The summed E-state index contributed by atoms with van der Waals surface area (Å²) in [5, 5.41) is 3.18. The van der Waals surface area contributed by atoms with Gasteiger partial charge in [-0.15, -0.1) is 0 Å². The monoisotopic (exact) mass is 210 g/mol. The molecule has 84 valence electrons. The second-order valence-corrected chi connectivity index (χ2v) is 3.88. The SMILES string of the molecule is CNC(C)CCN(C)c1cccc(F)c1. The summed E-state index contributed by atoms with van der Waals surface area (Å²) in [5.74, 6) is -0.180. The second-order valence-electron chi connectivity index (χ2n) is 3.88. The van der Waals surface area contributed by atoms with Gasteiger partial charge in [-0.25, -0.2) is 4.39 Å². The molecule has 1 rings (SSSR count). The standard InChI is InChI=1S/C12H19FN2/c1-10(14-2)7-8-15(3)12-6-4-5-11(13)9-12/h4-6,9-10,14H,7-8H2,1-3H3. The summed E-state index contributed by atoms with van der Waals surface area (Å²) in [5.41, 5.74) is 0.929. The van der Waals surface area contributed by atoms with Gasteiger partial charge in [0.25, 0.3) is 0 Å². The molecule has 0 aliphatic heterocycles. The van der Waals surface area contributed by atoms with E-state index >= 15 is 0 Å². The van der Waals surface area contributed by atoms with Crippen LogP contribution in [0.1, 0.15) is 13.3 Å². The first-order valence-corrected chi connectivity index (χ1v) is 5.27. The van der Waals surface area contributed by atoms with Crippen LogP contribution in [0.15, 0.2) is 24.3 Å². The van der Waals surface area contributed by atoms with Gasteiger partial charge >= 0.3 is 0 Å². The Morgan fingerprint density at radius 3 is 2.80 bits per heavy atom. The molecule has 0 aliphatic carbocycles. The van der Waals surface area contributed by atoms with Gasteiger partial charge in [-0.2, -0.15) is 0 Å². The molecule has 0 aromatic heterocycles. The predicted molar refractivity (Wildman–Crippen MR) is 62.8 cm³/mol. The lowest BCUT2D eigenvalue weighted by Gasteiger charge is -2.21. The van der Waals surface area contributed by atoms with Crippen LogP contribution < -0.4 is 10.2 Å². The summed E-state index contributed by atoms with van der Waals surface area (Å²) in [4.78, 5) is 2.07. The fraction of sp³-hybridized carbons (Fsp3) is 0.500. The van der Waals surface area contributed by atoms with Crippen molar-refractivity contribution in [2.45, 2.75) is 19.4 Å². The zero-order chi connectivity index (χ0) is 11.3. The number of hydrogen-bond acceptors (Lipinski definition) is 2. The van der Waals surface area contributed by atoms with Crippen molar-refractivity contribution in [3.63, 3.8) is 0 Å². The highest BCUT2D eigenvalue weighted by Gasteiger charge is 2.04. The Labute approximate surface area is 91.1 Å². The van der Waals surface area contributed by atoms with E-state index in [4.69, 9.17) is 0 Å². The molecule has 0 heterocycles. The number of halogens is 1. The smallest absolute Gasteiger partial charge is 0.125 e. The topological polar surface area (TPSA) is 15.3 Å².